The molecule has 1 aromatic carbocycles. The second kappa shape index (κ2) is 19.2. The summed E-state index contributed by atoms with van der Waals surface area (Å²) in [5.41, 5.74) is 0.979. The van der Waals surface area contributed by atoms with Crippen molar-refractivity contribution in [2.75, 3.05) is 31.7 Å². The molecule has 0 radical (unpaired) electrons. The molecule has 2 unspecified atom stereocenters. The molecule has 0 bridgehead atoms. The number of rotatable bonds is 15. The van der Waals surface area contributed by atoms with E-state index in [4.69, 9.17) is 23.7 Å². The Morgan fingerprint density at radius 2 is 1.26 bits per heavy atom. The van der Waals surface area contributed by atoms with Gasteiger partial charge in [0.25, 0.3) is 11.8 Å². The summed E-state index contributed by atoms with van der Waals surface area (Å²) in [5, 5.41) is 5.38. The highest BCUT2D eigenvalue weighted by Gasteiger charge is 2.29. The van der Waals surface area contributed by atoms with Crippen molar-refractivity contribution in [3.8, 4) is 0 Å². The van der Waals surface area contributed by atoms with Gasteiger partial charge in [0.1, 0.15) is 6.61 Å². The molecule has 0 fully saturated rings. The standard InChI is InChI=1S/C26H31I3N2O12/c1-12(32)39-8-6-18-21(27)20(26(38)30-10-17(42-15(4)35)11-41-14(3)34)23(29)24(22(18)28)31-25(37)19(43-16(5)36)7-9-40-13(2)33/h17,19H,6-11H2,1-5H3,(H,30,38)(H,31,37). The van der Waals surface area contributed by atoms with E-state index < -0.39 is 53.9 Å². The Hall–Kier alpha value is -2.30. The minimum atomic E-state index is -1.31. The topological polar surface area (TPSA) is 190 Å². The van der Waals surface area contributed by atoms with Crippen LogP contribution in [0.3, 0.4) is 0 Å². The van der Waals surface area contributed by atoms with Gasteiger partial charge in [0.15, 0.2) is 12.2 Å². The van der Waals surface area contributed by atoms with Crippen molar-refractivity contribution in [2.45, 2.75) is 59.7 Å². The second-order valence-electron chi connectivity index (χ2n) is 8.72. The van der Waals surface area contributed by atoms with Crippen LogP contribution < -0.4 is 10.6 Å². The molecular formula is C26H31I3N2O12. The van der Waals surface area contributed by atoms with E-state index in [1.54, 1.807) is 0 Å². The van der Waals surface area contributed by atoms with E-state index in [1.807, 2.05) is 67.8 Å². The molecule has 0 saturated carbocycles. The summed E-state index contributed by atoms with van der Waals surface area (Å²) in [5.74, 6) is -4.35. The van der Waals surface area contributed by atoms with E-state index in [9.17, 15) is 33.6 Å². The van der Waals surface area contributed by atoms with Gasteiger partial charge in [-0.25, -0.2) is 0 Å². The molecule has 0 aliphatic heterocycles. The van der Waals surface area contributed by atoms with Crippen LogP contribution in [0.1, 0.15) is 57.0 Å². The van der Waals surface area contributed by atoms with Gasteiger partial charge in [-0.2, -0.15) is 0 Å². The van der Waals surface area contributed by atoms with Crippen LogP contribution in [-0.4, -0.2) is 80.2 Å². The van der Waals surface area contributed by atoms with Crippen LogP contribution >= 0.6 is 67.8 Å². The number of halogens is 3. The average Bonchev–Trinajstić information content (AvgIpc) is 2.88. The molecule has 2 atom stereocenters. The highest BCUT2D eigenvalue weighted by molar-refractivity contribution is 14.1. The quantitative estimate of drug-likeness (QED) is 0.149. The van der Waals surface area contributed by atoms with Crippen LogP contribution in [0.4, 0.5) is 5.69 Å². The maximum absolute atomic E-state index is 13.5. The Kier molecular flexibility index (Phi) is 17.3. The summed E-state index contributed by atoms with van der Waals surface area (Å²) < 4.78 is 26.5. The molecule has 14 nitrogen and oxygen atoms in total. The normalized spacial score (nSPS) is 11.8. The Labute approximate surface area is 288 Å². The summed E-state index contributed by atoms with van der Waals surface area (Å²) >= 11 is 5.86. The molecule has 2 amide bonds. The molecule has 2 N–H and O–H groups in total. The molecule has 0 aliphatic rings. The first-order valence-electron chi connectivity index (χ1n) is 12.6. The van der Waals surface area contributed by atoms with E-state index in [2.05, 4.69) is 10.6 Å². The molecule has 0 aromatic heterocycles. The zero-order valence-corrected chi connectivity index (χ0v) is 30.4. The summed E-state index contributed by atoms with van der Waals surface area (Å²) in [6.07, 6.45) is -2.20. The fourth-order valence-corrected chi connectivity index (χ4v) is 7.84. The Balaban J connectivity index is 3.48. The van der Waals surface area contributed by atoms with Crippen molar-refractivity contribution in [3.05, 3.63) is 21.8 Å². The van der Waals surface area contributed by atoms with Crippen LogP contribution in [-0.2, 0) is 58.9 Å². The zero-order valence-electron chi connectivity index (χ0n) is 23.9. The first-order valence-corrected chi connectivity index (χ1v) is 15.8. The number of carbonyl (C=O) groups excluding carboxylic acids is 7. The van der Waals surface area contributed by atoms with Gasteiger partial charge in [0, 0.05) is 54.6 Å². The number of hydrogen-bond acceptors (Lipinski definition) is 12. The first-order chi connectivity index (χ1) is 20.0. The number of hydrogen-bond donors (Lipinski definition) is 2. The molecule has 17 heteroatoms. The molecule has 43 heavy (non-hydrogen) atoms. The van der Waals surface area contributed by atoms with Crippen molar-refractivity contribution in [2.24, 2.45) is 0 Å². The average molecular weight is 944 g/mol. The summed E-state index contributed by atoms with van der Waals surface area (Å²) in [4.78, 5) is 83.7. The van der Waals surface area contributed by atoms with E-state index in [0.717, 1.165) is 6.92 Å². The molecule has 1 rings (SSSR count). The van der Waals surface area contributed by atoms with E-state index in [-0.39, 0.29) is 50.5 Å². The van der Waals surface area contributed by atoms with Crippen molar-refractivity contribution in [1.29, 1.82) is 0 Å². The maximum Gasteiger partial charge on any atom is 0.303 e. The van der Waals surface area contributed by atoms with Crippen LogP contribution in [0.5, 0.6) is 0 Å². The number of nitrogens with one attached hydrogen (secondary N) is 2. The van der Waals surface area contributed by atoms with Crippen LogP contribution in [0.2, 0.25) is 0 Å². The predicted molar refractivity (Wildman–Crippen MR) is 175 cm³/mol. The second-order valence-corrected chi connectivity index (χ2v) is 12.0. The predicted octanol–water partition coefficient (Wildman–Crippen LogP) is 2.65. The van der Waals surface area contributed by atoms with Gasteiger partial charge >= 0.3 is 29.8 Å². The number of ether oxygens (including phenoxy) is 5. The van der Waals surface area contributed by atoms with E-state index in [0.29, 0.717) is 16.3 Å². The number of esters is 5. The third kappa shape index (κ3) is 13.9. The number of amides is 2. The minimum Gasteiger partial charge on any atom is -0.466 e. The fraction of sp³-hybridized carbons (Fsp3) is 0.500. The first kappa shape index (κ1) is 38.7. The smallest absolute Gasteiger partial charge is 0.303 e. The van der Waals surface area contributed by atoms with Crippen LogP contribution in [0.15, 0.2) is 0 Å². The van der Waals surface area contributed by atoms with Crippen molar-refractivity contribution >= 4 is 115 Å². The van der Waals surface area contributed by atoms with Crippen molar-refractivity contribution in [3.63, 3.8) is 0 Å². The Bertz CT molecular complexity index is 1250. The van der Waals surface area contributed by atoms with Gasteiger partial charge in [0.05, 0.1) is 34.6 Å². The molecule has 0 spiro atoms. The number of anilines is 1. The van der Waals surface area contributed by atoms with Crippen molar-refractivity contribution in [1.82, 2.24) is 5.32 Å². The van der Waals surface area contributed by atoms with Crippen LogP contribution in [0.25, 0.3) is 0 Å². The van der Waals surface area contributed by atoms with E-state index in [1.165, 1.54) is 27.7 Å². The lowest BCUT2D eigenvalue weighted by molar-refractivity contribution is -0.155. The fourth-order valence-electron chi connectivity index (χ4n) is 3.37. The third-order valence-electron chi connectivity index (χ3n) is 5.12. The molecule has 238 valence electrons. The lowest BCUT2D eigenvalue weighted by Gasteiger charge is -2.23. The van der Waals surface area contributed by atoms with Gasteiger partial charge in [-0.05, 0) is 73.3 Å². The van der Waals surface area contributed by atoms with Gasteiger partial charge in [-0.15, -0.1) is 0 Å². The zero-order chi connectivity index (χ0) is 32.9. The summed E-state index contributed by atoms with van der Waals surface area (Å²) in [6, 6.07) is 0. The van der Waals surface area contributed by atoms with Gasteiger partial charge < -0.3 is 34.3 Å². The van der Waals surface area contributed by atoms with Crippen molar-refractivity contribution < 1.29 is 57.2 Å². The SMILES string of the molecule is CC(=O)OCCc1c(I)c(NC(=O)C(CCOC(C)=O)OC(C)=O)c(I)c(C(=O)NCC(COC(C)=O)OC(C)=O)c1I. The number of carbonyl (C=O) groups is 7. The van der Waals surface area contributed by atoms with Crippen LogP contribution in [0, 0.1) is 10.7 Å². The molecular weight excluding hydrogens is 913 g/mol. The lowest BCUT2D eigenvalue weighted by atomic mass is 10.1. The summed E-state index contributed by atoms with van der Waals surface area (Å²) in [7, 11) is 0. The largest absolute Gasteiger partial charge is 0.466 e. The molecule has 0 saturated heterocycles. The monoisotopic (exact) mass is 944 g/mol. The van der Waals surface area contributed by atoms with Gasteiger partial charge in [0.2, 0.25) is 0 Å². The third-order valence-corrected chi connectivity index (χ3v) is 8.58. The minimum absolute atomic E-state index is 0.00819. The molecule has 0 heterocycles. The summed E-state index contributed by atoms with van der Waals surface area (Å²) in [6.45, 7) is 5.29. The molecule has 0 aliphatic carbocycles. The van der Waals surface area contributed by atoms with Gasteiger partial charge in [-0.1, -0.05) is 0 Å². The highest BCUT2D eigenvalue weighted by atomic mass is 127. The highest BCUT2D eigenvalue weighted by Crippen LogP contribution is 2.36. The van der Waals surface area contributed by atoms with E-state index >= 15 is 0 Å². The van der Waals surface area contributed by atoms with Gasteiger partial charge in [-0.3, -0.25) is 33.6 Å². The lowest BCUT2D eigenvalue weighted by Crippen LogP contribution is -2.38. The Morgan fingerprint density at radius 1 is 0.698 bits per heavy atom. The maximum atomic E-state index is 13.5. The molecule has 1 aromatic rings. The Morgan fingerprint density at radius 3 is 1.79 bits per heavy atom. The number of benzene rings is 1.